The van der Waals surface area contributed by atoms with Crippen molar-refractivity contribution in [3.63, 3.8) is 0 Å². The predicted octanol–water partition coefficient (Wildman–Crippen LogP) is 3.94. The first kappa shape index (κ1) is 20.4. The summed E-state index contributed by atoms with van der Waals surface area (Å²) in [7, 11) is 0. The first-order valence-corrected chi connectivity index (χ1v) is 9.42. The molecule has 1 aliphatic rings. The molecule has 1 aromatic carbocycles. The third-order valence-corrected chi connectivity index (χ3v) is 4.79. The van der Waals surface area contributed by atoms with Gasteiger partial charge in [0.25, 0.3) is 0 Å². The van der Waals surface area contributed by atoms with Crippen LogP contribution in [0, 0.1) is 5.41 Å². The molecule has 1 aliphatic heterocycles. The zero-order valence-corrected chi connectivity index (χ0v) is 16.6. The molecule has 144 valence electrons. The first-order valence-electron chi connectivity index (χ1n) is 9.42. The van der Waals surface area contributed by atoms with Gasteiger partial charge in [0, 0.05) is 30.6 Å². The lowest BCUT2D eigenvalue weighted by molar-refractivity contribution is -0.121. The van der Waals surface area contributed by atoms with Crippen LogP contribution in [0.15, 0.2) is 30.3 Å². The quantitative estimate of drug-likeness (QED) is 0.808. The maximum absolute atomic E-state index is 12.3. The van der Waals surface area contributed by atoms with Gasteiger partial charge >= 0.3 is 6.09 Å². The predicted molar refractivity (Wildman–Crippen MR) is 103 cm³/mol. The summed E-state index contributed by atoms with van der Waals surface area (Å²) in [4.78, 5) is 26.3. The second kappa shape index (κ2) is 8.21. The van der Waals surface area contributed by atoms with E-state index in [9.17, 15) is 9.59 Å². The number of amides is 1. The van der Waals surface area contributed by atoms with E-state index in [0.29, 0.717) is 25.9 Å². The van der Waals surface area contributed by atoms with Gasteiger partial charge in [-0.1, -0.05) is 44.2 Å². The number of likely N-dealkylation sites (tertiary alicyclic amines) is 1. The number of ether oxygens (including phenoxy) is 1. The molecule has 1 amide bonds. The van der Waals surface area contributed by atoms with E-state index in [1.54, 1.807) is 4.90 Å². The van der Waals surface area contributed by atoms with Crippen LogP contribution in [-0.4, -0.2) is 42.0 Å². The van der Waals surface area contributed by atoms with Crippen molar-refractivity contribution in [2.45, 2.75) is 65.1 Å². The third-order valence-electron chi connectivity index (χ3n) is 4.79. The largest absolute Gasteiger partial charge is 0.444 e. The van der Waals surface area contributed by atoms with Crippen LogP contribution in [0.1, 0.15) is 59.1 Å². The fraction of sp³-hybridized carbons (Fsp3) is 0.619. The van der Waals surface area contributed by atoms with Gasteiger partial charge in [-0.05, 0) is 39.2 Å². The molecule has 1 aromatic rings. The Hall–Kier alpha value is -1.88. The smallest absolute Gasteiger partial charge is 0.410 e. The van der Waals surface area contributed by atoms with Crippen molar-refractivity contribution in [3.8, 4) is 0 Å². The fourth-order valence-corrected chi connectivity index (χ4v) is 3.48. The Labute approximate surface area is 157 Å². The van der Waals surface area contributed by atoms with Crippen molar-refractivity contribution in [2.24, 2.45) is 5.41 Å². The number of piperidine rings is 1. The van der Waals surface area contributed by atoms with Gasteiger partial charge < -0.3 is 19.7 Å². The molecule has 0 spiro atoms. The first-order chi connectivity index (χ1) is 12.2. The van der Waals surface area contributed by atoms with Gasteiger partial charge in [-0.2, -0.15) is 0 Å². The van der Waals surface area contributed by atoms with Gasteiger partial charge in [0.1, 0.15) is 11.9 Å². The molecular weight excluding hydrogens is 328 g/mol. The van der Waals surface area contributed by atoms with Crippen LogP contribution in [-0.2, 0) is 9.53 Å². The van der Waals surface area contributed by atoms with Crippen LogP contribution in [0.4, 0.5) is 4.79 Å². The molecule has 0 bridgehead atoms. The summed E-state index contributed by atoms with van der Waals surface area (Å²) in [6, 6.07) is 10.3. The van der Waals surface area contributed by atoms with Gasteiger partial charge in [0.05, 0.1) is 0 Å². The topological polar surface area (TPSA) is 58.6 Å². The van der Waals surface area contributed by atoms with E-state index in [2.05, 4.69) is 31.3 Å². The Morgan fingerprint density at radius 2 is 1.77 bits per heavy atom. The summed E-state index contributed by atoms with van der Waals surface area (Å²) < 4.78 is 5.47. The second-order valence-electron chi connectivity index (χ2n) is 8.48. The molecule has 0 radical (unpaired) electrons. The lowest BCUT2D eigenvalue weighted by Gasteiger charge is -2.44. The minimum absolute atomic E-state index is 0.0676. The molecule has 5 heteroatoms. The fourth-order valence-electron chi connectivity index (χ4n) is 3.48. The highest BCUT2D eigenvalue weighted by Crippen LogP contribution is 2.42. The molecule has 1 N–H and O–H groups in total. The van der Waals surface area contributed by atoms with Crippen molar-refractivity contribution in [2.75, 3.05) is 13.1 Å². The summed E-state index contributed by atoms with van der Waals surface area (Å²) in [6.07, 6.45) is 2.03. The standard InChI is InChI=1S/C21H32N2O3/c1-16(2)22-18(17-9-7-6-8-10-17)21(15-24)11-13-23(14-12-21)19(25)26-20(3,4)5/h6-10,15-16,18,22H,11-14H2,1-5H3. The van der Waals surface area contributed by atoms with Gasteiger partial charge in [-0.3, -0.25) is 0 Å². The Morgan fingerprint density at radius 3 is 2.23 bits per heavy atom. The second-order valence-corrected chi connectivity index (χ2v) is 8.48. The average Bonchev–Trinajstić information content (AvgIpc) is 2.59. The van der Waals surface area contributed by atoms with E-state index in [1.165, 1.54) is 0 Å². The molecule has 1 saturated heterocycles. The SMILES string of the molecule is CC(C)NC(c1ccccc1)C1(C=O)CCN(C(=O)OC(C)(C)C)CC1. The molecule has 2 rings (SSSR count). The van der Waals surface area contributed by atoms with Crippen LogP contribution >= 0.6 is 0 Å². The van der Waals surface area contributed by atoms with E-state index >= 15 is 0 Å². The zero-order valence-electron chi connectivity index (χ0n) is 16.6. The highest BCUT2D eigenvalue weighted by Gasteiger charge is 2.43. The van der Waals surface area contributed by atoms with E-state index in [-0.39, 0.29) is 18.2 Å². The van der Waals surface area contributed by atoms with E-state index in [0.717, 1.165) is 11.8 Å². The Bertz CT molecular complexity index is 599. The van der Waals surface area contributed by atoms with Crippen molar-refractivity contribution in [3.05, 3.63) is 35.9 Å². The Balaban J connectivity index is 2.17. The number of carbonyl (C=O) groups is 2. The normalized spacial score (nSPS) is 18.5. The van der Waals surface area contributed by atoms with Crippen molar-refractivity contribution >= 4 is 12.4 Å². The van der Waals surface area contributed by atoms with Crippen LogP contribution in [0.3, 0.4) is 0 Å². The Morgan fingerprint density at radius 1 is 1.19 bits per heavy atom. The molecule has 1 heterocycles. The molecule has 1 unspecified atom stereocenters. The molecule has 5 nitrogen and oxygen atoms in total. The molecule has 1 fully saturated rings. The third kappa shape index (κ3) is 5.07. The van der Waals surface area contributed by atoms with Crippen LogP contribution in [0.5, 0.6) is 0 Å². The number of hydrogen-bond acceptors (Lipinski definition) is 4. The zero-order chi connectivity index (χ0) is 19.4. The summed E-state index contributed by atoms with van der Waals surface area (Å²) >= 11 is 0. The number of hydrogen-bond donors (Lipinski definition) is 1. The van der Waals surface area contributed by atoms with Crippen molar-refractivity contribution < 1.29 is 14.3 Å². The highest BCUT2D eigenvalue weighted by atomic mass is 16.6. The summed E-state index contributed by atoms with van der Waals surface area (Å²) in [5, 5.41) is 3.57. The summed E-state index contributed by atoms with van der Waals surface area (Å²) in [6.45, 7) is 10.8. The molecule has 1 atom stereocenters. The Kier molecular flexibility index (Phi) is 6.45. The summed E-state index contributed by atoms with van der Waals surface area (Å²) in [5.74, 6) is 0. The molecule has 0 aliphatic carbocycles. The van der Waals surface area contributed by atoms with E-state index in [1.807, 2.05) is 39.0 Å². The number of nitrogens with zero attached hydrogens (tertiary/aromatic N) is 1. The van der Waals surface area contributed by atoms with E-state index < -0.39 is 11.0 Å². The monoisotopic (exact) mass is 360 g/mol. The minimum Gasteiger partial charge on any atom is -0.444 e. The molecule has 0 aromatic heterocycles. The molecule has 26 heavy (non-hydrogen) atoms. The lowest BCUT2D eigenvalue weighted by Crippen LogP contribution is -2.51. The van der Waals surface area contributed by atoms with Gasteiger partial charge in [0.2, 0.25) is 0 Å². The lowest BCUT2D eigenvalue weighted by atomic mass is 9.71. The van der Waals surface area contributed by atoms with Crippen molar-refractivity contribution in [1.29, 1.82) is 0 Å². The average molecular weight is 360 g/mol. The molecular formula is C21H32N2O3. The minimum atomic E-state index is -0.524. The maximum Gasteiger partial charge on any atom is 0.410 e. The summed E-state index contributed by atoms with van der Waals surface area (Å²) in [5.41, 5.74) is 0.0747. The number of benzene rings is 1. The number of rotatable bonds is 5. The van der Waals surface area contributed by atoms with Gasteiger partial charge in [-0.25, -0.2) is 4.79 Å². The number of carbonyl (C=O) groups excluding carboxylic acids is 2. The van der Waals surface area contributed by atoms with Gasteiger partial charge in [-0.15, -0.1) is 0 Å². The highest BCUT2D eigenvalue weighted by molar-refractivity contribution is 5.69. The number of aldehydes is 1. The van der Waals surface area contributed by atoms with Gasteiger partial charge in [0.15, 0.2) is 0 Å². The molecule has 0 saturated carbocycles. The van der Waals surface area contributed by atoms with Crippen molar-refractivity contribution in [1.82, 2.24) is 10.2 Å². The maximum atomic E-state index is 12.3. The van der Waals surface area contributed by atoms with Crippen LogP contribution in [0.25, 0.3) is 0 Å². The number of nitrogens with one attached hydrogen (secondary N) is 1. The van der Waals surface area contributed by atoms with Crippen LogP contribution < -0.4 is 5.32 Å². The van der Waals surface area contributed by atoms with E-state index in [4.69, 9.17) is 4.74 Å². The van der Waals surface area contributed by atoms with Crippen LogP contribution in [0.2, 0.25) is 0 Å².